The summed E-state index contributed by atoms with van der Waals surface area (Å²) in [6.45, 7) is 1.55. The molecule has 0 radical (unpaired) electrons. The molecule has 1 heterocycles. The summed E-state index contributed by atoms with van der Waals surface area (Å²) >= 11 is 0. The van der Waals surface area contributed by atoms with Crippen LogP contribution in [0.15, 0.2) is 27.5 Å². The third-order valence-electron chi connectivity index (χ3n) is 1.99. The van der Waals surface area contributed by atoms with E-state index in [0.717, 1.165) is 0 Å². The van der Waals surface area contributed by atoms with Crippen LogP contribution in [0.1, 0.15) is 17.3 Å². The number of carbonyl (C=O) groups excluding carboxylic acids is 1. The number of carbonyl (C=O) groups is 1. The van der Waals surface area contributed by atoms with Crippen LogP contribution in [-0.4, -0.2) is 20.5 Å². The summed E-state index contributed by atoms with van der Waals surface area (Å²) in [6.07, 6.45) is 0.662. The number of aldehydes is 1. The molecular weight excluding hydrogens is 216 g/mol. The summed E-state index contributed by atoms with van der Waals surface area (Å²) in [5, 5.41) is 2.80. The molecule has 0 unspecified atom stereocenters. The zero-order valence-corrected chi connectivity index (χ0v) is 8.71. The Labute approximate surface area is 86.9 Å². The van der Waals surface area contributed by atoms with Crippen LogP contribution < -0.4 is 5.32 Å². The van der Waals surface area contributed by atoms with Gasteiger partial charge in [0.2, 0.25) is 0 Å². The third-order valence-corrected chi connectivity index (χ3v) is 3.42. The molecule has 0 bridgehead atoms. The van der Waals surface area contributed by atoms with Crippen molar-refractivity contribution in [1.29, 1.82) is 0 Å². The van der Waals surface area contributed by atoms with Gasteiger partial charge in [-0.15, -0.1) is 4.40 Å². The largest absolute Gasteiger partial charge is 0.342 e. The molecule has 0 atom stereocenters. The summed E-state index contributed by atoms with van der Waals surface area (Å²) in [5.41, 5.74) is 0.818. The van der Waals surface area contributed by atoms with Crippen molar-refractivity contribution in [2.75, 3.05) is 5.32 Å². The minimum Gasteiger partial charge on any atom is -0.342 e. The number of hydrogen-bond donors (Lipinski definition) is 1. The van der Waals surface area contributed by atoms with Crippen LogP contribution in [0.5, 0.6) is 0 Å². The predicted molar refractivity (Wildman–Crippen MR) is 55.7 cm³/mol. The van der Waals surface area contributed by atoms with Gasteiger partial charge in [0, 0.05) is 5.56 Å². The van der Waals surface area contributed by atoms with Gasteiger partial charge in [-0.2, -0.15) is 8.42 Å². The minimum atomic E-state index is -3.61. The normalized spacial score (nSPS) is 17.3. The van der Waals surface area contributed by atoms with Crippen molar-refractivity contribution < 1.29 is 13.2 Å². The molecule has 78 valence electrons. The first-order chi connectivity index (χ1) is 7.03. The summed E-state index contributed by atoms with van der Waals surface area (Å²) in [6, 6.07) is 4.30. The molecule has 0 fully saturated rings. The summed E-state index contributed by atoms with van der Waals surface area (Å²) < 4.78 is 26.6. The molecule has 1 aromatic rings. The fourth-order valence-corrected chi connectivity index (χ4v) is 2.52. The maximum Gasteiger partial charge on any atom is 0.286 e. The number of sulfonamides is 1. The number of benzene rings is 1. The van der Waals surface area contributed by atoms with Crippen molar-refractivity contribution in [3.05, 3.63) is 23.8 Å². The molecule has 1 aromatic carbocycles. The van der Waals surface area contributed by atoms with Gasteiger partial charge in [0.25, 0.3) is 10.0 Å². The van der Waals surface area contributed by atoms with E-state index in [1.54, 1.807) is 6.92 Å². The molecule has 0 amide bonds. The molecule has 2 rings (SSSR count). The van der Waals surface area contributed by atoms with Crippen LogP contribution in [0, 0.1) is 0 Å². The maximum absolute atomic E-state index is 11.6. The Hall–Kier alpha value is -1.69. The minimum absolute atomic E-state index is 0.0960. The van der Waals surface area contributed by atoms with E-state index in [2.05, 4.69) is 9.71 Å². The first-order valence-corrected chi connectivity index (χ1v) is 5.65. The molecule has 0 spiro atoms. The molecule has 0 aliphatic carbocycles. The van der Waals surface area contributed by atoms with Crippen LogP contribution in [-0.2, 0) is 10.0 Å². The quantitative estimate of drug-likeness (QED) is 0.723. The highest BCUT2D eigenvalue weighted by atomic mass is 32.2. The van der Waals surface area contributed by atoms with Crippen molar-refractivity contribution in [3.63, 3.8) is 0 Å². The summed E-state index contributed by atoms with van der Waals surface area (Å²) in [4.78, 5) is 10.6. The Bertz CT molecular complexity index is 561. The summed E-state index contributed by atoms with van der Waals surface area (Å²) in [7, 11) is -3.61. The van der Waals surface area contributed by atoms with E-state index in [-0.39, 0.29) is 4.90 Å². The van der Waals surface area contributed by atoms with E-state index in [0.29, 0.717) is 23.4 Å². The maximum atomic E-state index is 11.6. The molecular formula is C9H8N2O3S. The van der Waals surface area contributed by atoms with Gasteiger partial charge >= 0.3 is 0 Å². The third kappa shape index (κ3) is 1.63. The number of nitrogens with one attached hydrogen (secondary N) is 1. The molecule has 6 heteroatoms. The van der Waals surface area contributed by atoms with Gasteiger partial charge in [0.15, 0.2) is 0 Å². The fourth-order valence-electron chi connectivity index (χ4n) is 1.39. The van der Waals surface area contributed by atoms with Gasteiger partial charge in [-0.1, -0.05) is 6.07 Å². The van der Waals surface area contributed by atoms with Crippen molar-refractivity contribution >= 4 is 27.8 Å². The zero-order valence-electron chi connectivity index (χ0n) is 7.89. The first-order valence-electron chi connectivity index (χ1n) is 4.21. The molecule has 5 nitrogen and oxygen atoms in total. The van der Waals surface area contributed by atoms with Gasteiger partial charge in [-0.3, -0.25) is 4.79 Å². The topological polar surface area (TPSA) is 75.6 Å². The Morgan fingerprint density at radius 2 is 2.13 bits per heavy atom. The zero-order chi connectivity index (χ0) is 11.1. The monoisotopic (exact) mass is 224 g/mol. The van der Waals surface area contributed by atoms with Gasteiger partial charge in [-0.05, 0) is 19.1 Å². The van der Waals surface area contributed by atoms with Crippen LogP contribution in [0.3, 0.4) is 0 Å². The molecule has 1 N–H and O–H groups in total. The van der Waals surface area contributed by atoms with E-state index >= 15 is 0 Å². The Morgan fingerprint density at radius 3 is 2.80 bits per heavy atom. The number of nitrogens with zero attached hydrogens (tertiary/aromatic N) is 1. The molecule has 0 saturated heterocycles. The lowest BCUT2D eigenvalue weighted by atomic mass is 10.2. The second-order valence-corrected chi connectivity index (χ2v) is 4.72. The highest BCUT2D eigenvalue weighted by Crippen LogP contribution is 2.27. The molecule has 0 saturated carbocycles. The Balaban J connectivity index is 2.68. The van der Waals surface area contributed by atoms with Crippen molar-refractivity contribution in [3.8, 4) is 0 Å². The van der Waals surface area contributed by atoms with E-state index in [9.17, 15) is 13.2 Å². The van der Waals surface area contributed by atoms with E-state index in [1.165, 1.54) is 18.2 Å². The van der Waals surface area contributed by atoms with Crippen LogP contribution in [0.4, 0.5) is 5.69 Å². The van der Waals surface area contributed by atoms with Crippen molar-refractivity contribution in [2.45, 2.75) is 11.8 Å². The smallest absolute Gasteiger partial charge is 0.286 e. The lowest BCUT2D eigenvalue weighted by Crippen LogP contribution is -2.18. The van der Waals surface area contributed by atoms with Gasteiger partial charge in [-0.25, -0.2) is 0 Å². The number of rotatable bonds is 1. The Morgan fingerprint density at radius 1 is 1.40 bits per heavy atom. The van der Waals surface area contributed by atoms with E-state index in [1.807, 2.05) is 0 Å². The van der Waals surface area contributed by atoms with Crippen LogP contribution in [0.25, 0.3) is 0 Å². The molecule has 1 aliphatic heterocycles. The SMILES string of the molecule is CC1=NS(=O)(=O)c2ccc(C=O)cc2N1. The van der Waals surface area contributed by atoms with Crippen molar-refractivity contribution in [1.82, 2.24) is 0 Å². The lowest BCUT2D eigenvalue weighted by Gasteiger charge is -2.15. The van der Waals surface area contributed by atoms with Crippen molar-refractivity contribution in [2.24, 2.45) is 4.40 Å². The average Bonchev–Trinajstić information content (AvgIpc) is 2.15. The highest BCUT2D eigenvalue weighted by Gasteiger charge is 2.22. The second-order valence-electron chi connectivity index (χ2n) is 3.15. The molecule has 1 aliphatic rings. The van der Waals surface area contributed by atoms with Gasteiger partial charge < -0.3 is 5.32 Å². The number of hydrogen-bond acceptors (Lipinski definition) is 4. The number of fused-ring (bicyclic) bond motifs is 1. The summed E-state index contributed by atoms with van der Waals surface area (Å²) in [5.74, 6) is 0.297. The number of anilines is 1. The Kier molecular flexibility index (Phi) is 2.08. The van der Waals surface area contributed by atoms with E-state index < -0.39 is 10.0 Å². The van der Waals surface area contributed by atoms with Crippen LogP contribution in [0.2, 0.25) is 0 Å². The molecule has 15 heavy (non-hydrogen) atoms. The first kappa shape index (κ1) is 9.85. The highest BCUT2D eigenvalue weighted by molar-refractivity contribution is 7.90. The lowest BCUT2D eigenvalue weighted by molar-refractivity contribution is 0.112. The standard InChI is InChI=1S/C9H8N2O3S/c1-6-10-8-4-7(5-12)2-3-9(8)15(13,14)11-6/h2-5H,1H3,(H,10,11). The molecule has 0 aromatic heterocycles. The van der Waals surface area contributed by atoms with Crippen LogP contribution >= 0.6 is 0 Å². The second kappa shape index (κ2) is 3.16. The number of amidine groups is 1. The average molecular weight is 224 g/mol. The predicted octanol–water partition coefficient (Wildman–Crippen LogP) is 1.03. The fraction of sp³-hybridized carbons (Fsp3) is 0.111. The van der Waals surface area contributed by atoms with Gasteiger partial charge in [0.05, 0.1) is 5.69 Å². The van der Waals surface area contributed by atoms with E-state index in [4.69, 9.17) is 0 Å². The van der Waals surface area contributed by atoms with Gasteiger partial charge in [0.1, 0.15) is 17.0 Å².